The van der Waals surface area contributed by atoms with E-state index >= 15 is 0 Å². The highest BCUT2D eigenvalue weighted by Crippen LogP contribution is 2.12. The van der Waals surface area contributed by atoms with Crippen molar-refractivity contribution in [1.82, 2.24) is 0 Å². The van der Waals surface area contributed by atoms with Gasteiger partial charge in [-0.1, -0.05) is 28.1 Å². The number of halogens is 1. The van der Waals surface area contributed by atoms with Crippen molar-refractivity contribution < 1.29 is 0 Å². The molecule has 1 rings (SSSR count). The van der Waals surface area contributed by atoms with Crippen LogP contribution in [0.2, 0.25) is 0 Å². The van der Waals surface area contributed by atoms with Gasteiger partial charge in [0.25, 0.3) is 0 Å². The Bertz CT molecular complexity index is 270. The minimum absolute atomic E-state index is 0.816. The van der Waals surface area contributed by atoms with Crippen molar-refractivity contribution in [3.8, 4) is 12.3 Å². The molecule has 0 saturated carbocycles. The molecule has 56 valence electrons. The molecule has 11 heavy (non-hydrogen) atoms. The zero-order chi connectivity index (χ0) is 8.10. The quantitative estimate of drug-likeness (QED) is 0.656. The summed E-state index contributed by atoms with van der Waals surface area (Å²) < 4.78 is 1.12. The van der Waals surface area contributed by atoms with Gasteiger partial charge in [0, 0.05) is 10.9 Å². The highest BCUT2D eigenvalue weighted by molar-refractivity contribution is 9.10. The third kappa shape index (κ3) is 2.78. The Hall–Kier alpha value is -0.740. The normalized spacial score (nSPS) is 9.09. The molecule has 0 N–H and O–H groups in total. The fourth-order valence-electron chi connectivity index (χ4n) is 0.909. The molecule has 0 aliphatic heterocycles. The van der Waals surface area contributed by atoms with Crippen LogP contribution in [0.5, 0.6) is 0 Å². The lowest BCUT2D eigenvalue weighted by Crippen LogP contribution is -1.81. The largest absolute Gasteiger partial charge is 0.120 e. The van der Waals surface area contributed by atoms with E-state index in [-0.39, 0.29) is 0 Å². The van der Waals surface area contributed by atoms with Crippen molar-refractivity contribution in [3.05, 3.63) is 34.3 Å². The van der Waals surface area contributed by atoms with Crippen LogP contribution < -0.4 is 0 Å². The average Bonchev–Trinajstić information content (AvgIpc) is 2.01. The number of terminal acetylenes is 1. The second-order valence-corrected chi connectivity index (χ2v) is 3.25. The molecule has 0 heterocycles. The minimum atomic E-state index is 0.816. The van der Waals surface area contributed by atoms with Crippen LogP contribution in [0.15, 0.2) is 28.7 Å². The molecule has 1 heteroatoms. The van der Waals surface area contributed by atoms with Crippen LogP contribution in [-0.4, -0.2) is 0 Å². The first-order chi connectivity index (χ1) is 5.33. The molecule has 0 atom stereocenters. The smallest absolute Gasteiger partial charge is 0.0178 e. The van der Waals surface area contributed by atoms with Crippen LogP contribution in [0.3, 0.4) is 0 Å². The topological polar surface area (TPSA) is 0 Å². The molecule has 0 aliphatic rings. The van der Waals surface area contributed by atoms with Crippen LogP contribution in [0.1, 0.15) is 12.0 Å². The van der Waals surface area contributed by atoms with Crippen molar-refractivity contribution in [1.29, 1.82) is 0 Å². The van der Waals surface area contributed by atoms with Crippen LogP contribution in [0.4, 0.5) is 0 Å². The summed E-state index contributed by atoms with van der Waals surface area (Å²) in [4.78, 5) is 0. The van der Waals surface area contributed by atoms with Gasteiger partial charge in [-0.25, -0.2) is 0 Å². The number of rotatable bonds is 2. The third-order valence-corrected chi connectivity index (χ3v) is 1.94. The molecule has 0 bridgehead atoms. The Morgan fingerprint density at radius 3 is 2.91 bits per heavy atom. The number of benzene rings is 1. The van der Waals surface area contributed by atoms with Crippen molar-refractivity contribution >= 4 is 15.9 Å². The molecule has 1 aromatic rings. The van der Waals surface area contributed by atoms with Gasteiger partial charge in [0.1, 0.15) is 0 Å². The van der Waals surface area contributed by atoms with Gasteiger partial charge in [0.2, 0.25) is 0 Å². The predicted octanol–water partition coefficient (Wildman–Crippen LogP) is 3.01. The fourth-order valence-corrected chi connectivity index (χ4v) is 1.36. The van der Waals surface area contributed by atoms with E-state index in [0.717, 1.165) is 17.3 Å². The van der Waals surface area contributed by atoms with Crippen LogP contribution in [0, 0.1) is 12.3 Å². The molecular formula is C10H9Br. The van der Waals surface area contributed by atoms with E-state index in [1.807, 2.05) is 12.1 Å². The number of aryl methyl sites for hydroxylation is 1. The van der Waals surface area contributed by atoms with Gasteiger partial charge in [0.15, 0.2) is 0 Å². The molecule has 0 aliphatic carbocycles. The molecule has 0 nitrogen and oxygen atoms in total. The SMILES string of the molecule is C#CCCc1cccc(Br)c1. The molecule has 0 aromatic heterocycles. The van der Waals surface area contributed by atoms with Crippen LogP contribution >= 0.6 is 15.9 Å². The summed E-state index contributed by atoms with van der Waals surface area (Å²) in [6.07, 6.45) is 6.94. The summed E-state index contributed by atoms with van der Waals surface area (Å²) >= 11 is 3.40. The fraction of sp³-hybridized carbons (Fsp3) is 0.200. The van der Waals surface area contributed by atoms with Gasteiger partial charge in [-0.15, -0.1) is 12.3 Å². The Morgan fingerprint density at radius 1 is 1.45 bits per heavy atom. The van der Waals surface area contributed by atoms with E-state index in [1.54, 1.807) is 0 Å². The van der Waals surface area contributed by atoms with E-state index in [2.05, 4.69) is 34.0 Å². The Balaban J connectivity index is 2.65. The summed E-state index contributed by atoms with van der Waals surface area (Å²) in [5.41, 5.74) is 1.29. The first-order valence-electron chi connectivity index (χ1n) is 3.51. The van der Waals surface area contributed by atoms with Gasteiger partial charge in [-0.3, -0.25) is 0 Å². The number of hydrogen-bond donors (Lipinski definition) is 0. The maximum Gasteiger partial charge on any atom is 0.0178 e. The molecule has 0 fully saturated rings. The minimum Gasteiger partial charge on any atom is -0.120 e. The lowest BCUT2D eigenvalue weighted by atomic mass is 10.1. The summed E-state index contributed by atoms with van der Waals surface area (Å²) in [5, 5.41) is 0. The lowest BCUT2D eigenvalue weighted by molar-refractivity contribution is 1.03. The van der Waals surface area contributed by atoms with Crippen molar-refractivity contribution in [2.24, 2.45) is 0 Å². The summed E-state index contributed by atoms with van der Waals surface area (Å²) in [7, 11) is 0. The summed E-state index contributed by atoms with van der Waals surface area (Å²) in [5.74, 6) is 2.62. The van der Waals surface area contributed by atoms with Crippen molar-refractivity contribution in [2.75, 3.05) is 0 Å². The summed E-state index contributed by atoms with van der Waals surface area (Å²) in [6, 6.07) is 8.22. The van der Waals surface area contributed by atoms with E-state index in [4.69, 9.17) is 6.42 Å². The van der Waals surface area contributed by atoms with E-state index in [1.165, 1.54) is 5.56 Å². The van der Waals surface area contributed by atoms with E-state index < -0.39 is 0 Å². The maximum atomic E-state index is 5.15. The van der Waals surface area contributed by atoms with Gasteiger partial charge in [-0.2, -0.15) is 0 Å². The van der Waals surface area contributed by atoms with Gasteiger partial charge in [-0.05, 0) is 24.1 Å². The Kier molecular flexibility index (Phi) is 3.19. The highest BCUT2D eigenvalue weighted by Gasteiger charge is 1.91. The second kappa shape index (κ2) is 4.20. The van der Waals surface area contributed by atoms with Gasteiger partial charge in [0.05, 0.1) is 0 Å². The number of hydrogen-bond acceptors (Lipinski definition) is 0. The lowest BCUT2D eigenvalue weighted by Gasteiger charge is -1.96. The molecule has 0 amide bonds. The average molecular weight is 209 g/mol. The molecule has 0 spiro atoms. The van der Waals surface area contributed by atoms with E-state index in [9.17, 15) is 0 Å². The summed E-state index contributed by atoms with van der Waals surface area (Å²) in [6.45, 7) is 0. The predicted molar refractivity (Wildman–Crippen MR) is 51.3 cm³/mol. The van der Waals surface area contributed by atoms with E-state index in [0.29, 0.717) is 0 Å². The molecule has 0 saturated heterocycles. The Morgan fingerprint density at radius 2 is 2.27 bits per heavy atom. The maximum absolute atomic E-state index is 5.15. The Labute approximate surface area is 75.8 Å². The first-order valence-corrected chi connectivity index (χ1v) is 4.30. The zero-order valence-electron chi connectivity index (χ0n) is 6.18. The monoisotopic (exact) mass is 208 g/mol. The van der Waals surface area contributed by atoms with Gasteiger partial charge >= 0.3 is 0 Å². The zero-order valence-corrected chi connectivity index (χ0v) is 7.76. The van der Waals surface area contributed by atoms with Crippen LogP contribution in [0.25, 0.3) is 0 Å². The molecule has 0 unspecified atom stereocenters. The van der Waals surface area contributed by atoms with Crippen molar-refractivity contribution in [2.45, 2.75) is 12.8 Å². The van der Waals surface area contributed by atoms with Crippen molar-refractivity contribution in [3.63, 3.8) is 0 Å². The standard InChI is InChI=1S/C10H9Br/c1-2-3-5-9-6-4-7-10(11)8-9/h1,4,6-8H,3,5H2. The molecule has 1 aromatic carbocycles. The second-order valence-electron chi connectivity index (χ2n) is 2.33. The highest BCUT2D eigenvalue weighted by atomic mass is 79.9. The third-order valence-electron chi connectivity index (χ3n) is 1.45. The van der Waals surface area contributed by atoms with Crippen LogP contribution in [-0.2, 0) is 6.42 Å². The molecule has 0 radical (unpaired) electrons. The first kappa shape index (κ1) is 8.36. The molecular weight excluding hydrogens is 200 g/mol. The van der Waals surface area contributed by atoms with Gasteiger partial charge < -0.3 is 0 Å².